The van der Waals surface area contributed by atoms with Crippen molar-refractivity contribution in [2.45, 2.75) is 13.0 Å². The molecule has 9 heteroatoms. The van der Waals surface area contributed by atoms with Crippen molar-refractivity contribution in [1.29, 1.82) is 0 Å². The maximum atomic E-state index is 11.6. The first-order chi connectivity index (χ1) is 8.38. The summed E-state index contributed by atoms with van der Waals surface area (Å²) in [5.74, 6) is -2.17. The van der Waals surface area contributed by atoms with Crippen LogP contribution in [0.4, 0.5) is 9.59 Å². The molecule has 100 valence electrons. The molecule has 1 rings (SSSR count). The van der Waals surface area contributed by atoms with Crippen molar-refractivity contribution in [1.82, 2.24) is 9.80 Å². The smallest absolute Gasteiger partial charge is 0.416 e. The molecule has 1 heterocycles. The molecule has 1 aliphatic heterocycles. The summed E-state index contributed by atoms with van der Waals surface area (Å²) >= 11 is 0. The van der Waals surface area contributed by atoms with Gasteiger partial charge in [-0.1, -0.05) is 0 Å². The van der Waals surface area contributed by atoms with Crippen LogP contribution in [0.1, 0.15) is 6.92 Å². The fraction of sp³-hybridized carbons (Fsp3) is 0.556. The maximum Gasteiger partial charge on any atom is 0.416 e. The number of hydrogen-bond donors (Lipinski definition) is 2. The Labute approximate surface area is 102 Å². The van der Waals surface area contributed by atoms with Crippen molar-refractivity contribution in [3.8, 4) is 0 Å². The van der Waals surface area contributed by atoms with Crippen LogP contribution in [0.15, 0.2) is 0 Å². The van der Waals surface area contributed by atoms with Gasteiger partial charge in [-0.3, -0.25) is 4.79 Å². The molecule has 0 aliphatic carbocycles. The second-order valence-electron chi connectivity index (χ2n) is 3.47. The number of urea groups is 1. The Morgan fingerprint density at radius 3 is 2.39 bits per heavy atom. The van der Waals surface area contributed by atoms with Gasteiger partial charge in [-0.2, -0.15) is 0 Å². The van der Waals surface area contributed by atoms with Crippen LogP contribution in [0.3, 0.4) is 0 Å². The van der Waals surface area contributed by atoms with E-state index in [-0.39, 0.29) is 18.1 Å². The summed E-state index contributed by atoms with van der Waals surface area (Å²) in [5, 5.41) is 17.6. The number of carboxylic acids is 1. The van der Waals surface area contributed by atoms with Crippen LogP contribution in [0, 0.1) is 0 Å². The number of amides is 3. The number of carbonyl (C=O) groups excluding carboxylic acids is 2. The number of hydrogen-bond acceptors (Lipinski definition) is 5. The maximum absolute atomic E-state index is 11.6. The highest BCUT2D eigenvalue weighted by Gasteiger charge is 2.46. The molecule has 1 atom stereocenters. The molecule has 0 spiro atoms. The van der Waals surface area contributed by atoms with E-state index >= 15 is 0 Å². The van der Waals surface area contributed by atoms with Gasteiger partial charge in [-0.25, -0.2) is 19.3 Å². The van der Waals surface area contributed by atoms with Crippen molar-refractivity contribution < 1.29 is 34.1 Å². The van der Waals surface area contributed by atoms with Crippen LogP contribution < -0.4 is 0 Å². The summed E-state index contributed by atoms with van der Waals surface area (Å²) in [6, 6.07) is -2.55. The molecule has 18 heavy (non-hydrogen) atoms. The number of ether oxygens (including phenoxy) is 1. The van der Waals surface area contributed by atoms with E-state index < -0.39 is 36.6 Å². The molecule has 1 fully saturated rings. The van der Waals surface area contributed by atoms with E-state index in [4.69, 9.17) is 10.2 Å². The molecule has 0 aromatic carbocycles. The van der Waals surface area contributed by atoms with Gasteiger partial charge in [0.15, 0.2) is 6.04 Å². The van der Waals surface area contributed by atoms with Gasteiger partial charge in [0.25, 0.3) is 0 Å². The predicted octanol–water partition coefficient (Wildman–Crippen LogP) is -0.582. The molecule has 0 radical (unpaired) electrons. The minimum absolute atomic E-state index is 0.117. The normalized spacial score (nSPS) is 18.9. The molecule has 9 nitrogen and oxygen atoms in total. The zero-order chi connectivity index (χ0) is 13.9. The van der Waals surface area contributed by atoms with Gasteiger partial charge in [0.2, 0.25) is 0 Å². The van der Waals surface area contributed by atoms with Crippen molar-refractivity contribution in [3.05, 3.63) is 0 Å². The minimum atomic E-state index is -1.67. The van der Waals surface area contributed by atoms with Gasteiger partial charge in [0.05, 0.1) is 13.2 Å². The Balaban J connectivity index is 2.80. The van der Waals surface area contributed by atoms with Crippen LogP contribution in [0.25, 0.3) is 0 Å². The van der Waals surface area contributed by atoms with Crippen molar-refractivity contribution in [2.24, 2.45) is 0 Å². The highest BCUT2D eigenvalue weighted by atomic mass is 16.5. The first kappa shape index (κ1) is 13.7. The first-order valence-corrected chi connectivity index (χ1v) is 5.08. The van der Waals surface area contributed by atoms with E-state index in [1.54, 1.807) is 6.92 Å². The highest BCUT2D eigenvalue weighted by molar-refractivity contribution is 5.98. The largest absolute Gasteiger partial charge is 0.480 e. The Morgan fingerprint density at radius 1 is 1.39 bits per heavy atom. The van der Waals surface area contributed by atoms with E-state index in [0.717, 1.165) is 4.90 Å². The zero-order valence-corrected chi connectivity index (χ0v) is 9.53. The summed E-state index contributed by atoms with van der Waals surface area (Å²) in [4.78, 5) is 45.4. The summed E-state index contributed by atoms with van der Waals surface area (Å²) < 4.78 is 4.60. The van der Waals surface area contributed by atoms with E-state index in [2.05, 4.69) is 4.74 Å². The van der Waals surface area contributed by atoms with Crippen LogP contribution >= 0.6 is 0 Å². The monoisotopic (exact) mass is 260 g/mol. The summed E-state index contributed by atoms with van der Waals surface area (Å²) in [6.07, 6.45) is -1.67. The SMILES string of the molecule is CCOC(=O)CN1CC(C(=O)O)N(C(=O)O)C1=O. The van der Waals surface area contributed by atoms with Crippen LogP contribution in [0.5, 0.6) is 0 Å². The van der Waals surface area contributed by atoms with E-state index in [1.165, 1.54) is 0 Å². The molecule has 1 unspecified atom stereocenters. The molecular weight excluding hydrogens is 248 g/mol. The van der Waals surface area contributed by atoms with Crippen LogP contribution in [-0.2, 0) is 14.3 Å². The predicted molar refractivity (Wildman–Crippen MR) is 54.9 cm³/mol. The van der Waals surface area contributed by atoms with Gasteiger partial charge in [0.1, 0.15) is 6.54 Å². The molecule has 1 saturated heterocycles. The second-order valence-corrected chi connectivity index (χ2v) is 3.47. The standard InChI is InChI=1S/C9H12N2O7/c1-2-18-6(12)4-10-3-5(7(13)14)11(8(10)15)9(16)17/h5H,2-4H2,1H3,(H,13,14)(H,16,17). The van der Waals surface area contributed by atoms with Gasteiger partial charge >= 0.3 is 24.1 Å². The summed E-state index contributed by atoms with van der Waals surface area (Å²) in [7, 11) is 0. The number of esters is 1. The molecule has 2 N–H and O–H groups in total. The van der Waals surface area contributed by atoms with Crippen molar-refractivity contribution >= 4 is 24.1 Å². The lowest BCUT2D eigenvalue weighted by Gasteiger charge is -2.14. The average molecular weight is 260 g/mol. The Kier molecular flexibility index (Phi) is 4.08. The Bertz CT molecular complexity index is 394. The third-order valence-corrected chi connectivity index (χ3v) is 2.30. The van der Waals surface area contributed by atoms with Gasteiger partial charge in [-0.05, 0) is 6.92 Å². The molecule has 1 aliphatic rings. The lowest BCUT2D eigenvalue weighted by Crippen LogP contribution is -2.43. The van der Waals surface area contributed by atoms with Crippen LogP contribution in [-0.4, -0.2) is 69.8 Å². The van der Waals surface area contributed by atoms with Gasteiger partial charge in [-0.15, -0.1) is 0 Å². The van der Waals surface area contributed by atoms with E-state index in [9.17, 15) is 19.2 Å². The lowest BCUT2D eigenvalue weighted by molar-refractivity contribution is -0.144. The topological polar surface area (TPSA) is 124 Å². The molecule has 0 aromatic rings. The number of imide groups is 1. The second kappa shape index (κ2) is 5.34. The number of aliphatic carboxylic acids is 1. The van der Waals surface area contributed by atoms with Gasteiger partial charge in [0, 0.05) is 0 Å². The van der Waals surface area contributed by atoms with E-state index in [0.29, 0.717) is 0 Å². The lowest BCUT2D eigenvalue weighted by atomic mass is 10.3. The summed E-state index contributed by atoms with van der Waals surface area (Å²) in [5.41, 5.74) is 0. The Hall–Kier alpha value is -2.32. The minimum Gasteiger partial charge on any atom is -0.480 e. The van der Waals surface area contributed by atoms with Gasteiger partial charge < -0.3 is 19.8 Å². The number of rotatable bonds is 4. The molecule has 0 aromatic heterocycles. The highest BCUT2D eigenvalue weighted by Crippen LogP contribution is 2.16. The van der Waals surface area contributed by atoms with E-state index in [1.807, 2.05) is 0 Å². The third kappa shape index (κ3) is 2.67. The fourth-order valence-electron chi connectivity index (χ4n) is 1.55. The summed E-state index contributed by atoms with van der Waals surface area (Å²) in [6.45, 7) is 0.846. The number of carboxylic acid groups (broad SMARTS) is 2. The fourth-order valence-corrected chi connectivity index (χ4v) is 1.55. The number of nitrogens with zero attached hydrogens (tertiary/aromatic N) is 2. The van der Waals surface area contributed by atoms with Crippen molar-refractivity contribution in [2.75, 3.05) is 19.7 Å². The Morgan fingerprint density at radius 2 is 2.00 bits per heavy atom. The molecule has 0 saturated carbocycles. The first-order valence-electron chi connectivity index (χ1n) is 5.08. The zero-order valence-electron chi connectivity index (χ0n) is 9.53. The average Bonchev–Trinajstić information content (AvgIpc) is 2.56. The van der Waals surface area contributed by atoms with Crippen molar-refractivity contribution in [3.63, 3.8) is 0 Å². The van der Waals surface area contributed by atoms with Crippen LogP contribution in [0.2, 0.25) is 0 Å². The molecule has 3 amide bonds. The molecule has 0 bridgehead atoms. The quantitative estimate of drug-likeness (QED) is 0.647. The number of carbonyl (C=O) groups is 4. The third-order valence-electron chi connectivity index (χ3n) is 2.30. The molecular formula is C9H12N2O7.